The molecule has 0 aliphatic carbocycles. The van der Waals surface area contributed by atoms with Crippen molar-refractivity contribution >= 4 is 16.9 Å². The van der Waals surface area contributed by atoms with Crippen LogP contribution < -0.4 is 15.2 Å². The molecule has 0 atom stereocenters. The molecule has 0 radical (unpaired) electrons. The lowest BCUT2D eigenvalue weighted by Gasteiger charge is -2.33. The van der Waals surface area contributed by atoms with Gasteiger partial charge in [0.15, 0.2) is 17.4 Å². The van der Waals surface area contributed by atoms with E-state index in [-0.39, 0.29) is 17.4 Å². The zero-order valence-electron chi connectivity index (χ0n) is 18.2. The summed E-state index contributed by atoms with van der Waals surface area (Å²) in [5.41, 5.74) is 2.48. The molecule has 1 aromatic carbocycles. The molecule has 4 heterocycles. The number of rotatable bonds is 4. The number of hydrogen-bond donors (Lipinski definition) is 0. The molecule has 33 heavy (non-hydrogen) atoms. The molecular weight excluding hydrogens is 430 g/mol. The van der Waals surface area contributed by atoms with Crippen LogP contribution >= 0.6 is 0 Å². The summed E-state index contributed by atoms with van der Waals surface area (Å²) < 4.78 is 36.1. The van der Waals surface area contributed by atoms with E-state index in [4.69, 9.17) is 14.7 Å². The smallest absolute Gasteiger partial charge is 0.252 e. The topological polar surface area (TPSA) is 78.1 Å². The number of fused-ring (bicyclic) bond motifs is 1. The molecule has 0 spiro atoms. The molecule has 4 aromatic rings. The van der Waals surface area contributed by atoms with Gasteiger partial charge in [-0.15, -0.1) is 0 Å². The van der Waals surface area contributed by atoms with E-state index in [1.807, 2.05) is 13.2 Å². The number of hydrogen-bond acceptors (Lipinski definition) is 6. The molecule has 0 N–H and O–H groups in total. The van der Waals surface area contributed by atoms with Crippen molar-refractivity contribution in [3.05, 3.63) is 64.8 Å². The number of pyridine rings is 1. The van der Waals surface area contributed by atoms with Crippen LogP contribution in [0.1, 0.15) is 12.8 Å². The van der Waals surface area contributed by atoms with Crippen LogP contribution in [0.15, 0.2) is 47.7 Å². The first-order valence-electron chi connectivity index (χ1n) is 10.6. The summed E-state index contributed by atoms with van der Waals surface area (Å²) in [6.45, 7) is 1.21. The zero-order chi connectivity index (χ0) is 23.1. The van der Waals surface area contributed by atoms with Gasteiger partial charge in [0.25, 0.3) is 5.56 Å². The number of nitrogens with zero attached hydrogens (tertiary/aromatic N) is 6. The molecule has 1 aliphatic rings. The molecule has 0 bridgehead atoms. The van der Waals surface area contributed by atoms with E-state index in [1.54, 1.807) is 24.1 Å². The minimum Gasteiger partial charge on any atom is -0.487 e. The van der Waals surface area contributed by atoms with Crippen LogP contribution in [0.25, 0.3) is 22.3 Å². The van der Waals surface area contributed by atoms with Gasteiger partial charge in [-0.25, -0.2) is 18.7 Å². The molecule has 3 aromatic heterocycles. The quantitative estimate of drug-likeness (QED) is 0.474. The first kappa shape index (κ1) is 21.0. The lowest BCUT2D eigenvalue weighted by atomic mass is 10.1. The van der Waals surface area contributed by atoms with E-state index < -0.39 is 11.6 Å². The summed E-state index contributed by atoms with van der Waals surface area (Å²) in [5, 5.41) is 4.26. The van der Waals surface area contributed by atoms with Gasteiger partial charge in [0, 0.05) is 70.1 Å². The second kappa shape index (κ2) is 8.27. The predicted octanol–water partition coefficient (Wildman–Crippen LogP) is 3.06. The minimum atomic E-state index is -0.710. The van der Waals surface area contributed by atoms with Crippen LogP contribution in [0.4, 0.5) is 14.6 Å². The summed E-state index contributed by atoms with van der Waals surface area (Å²) >= 11 is 0. The summed E-state index contributed by atoms with van der Waals surface area (Å²) in [5.74, 6) is -0.636. The second-order valence-corrected chi connectivity index (χ2v) is 8.17. The van der Waals surface area contributed by atoms with Crippen LogP contribution in [0.3, 0.4) is 0 Å². The van der Waals surface area contributed by atoms with Crippen molar-refractivity contribution in [2.45, 2.75) is 18.9 Å². The fraction of sp³-hybridized carbons (Fsp3) is 0.304. The van der Waals surface area contributed by atoms with Gasteiger partial charge in [0.1, 0.15) is 23.1 Å². The van der Waals surface area contributed by atoms with Crippen LogP contribution in [-0.2, 0) is 14.1 Å². The molecule has 0 saturated carbocycles. The lowest BCUT2D eigenvalue weighted by Crippen LogP contribution is -2.39. The van der Waals surface area contributed by atoms with Crippen molar-refractivity contribution in [2.75, 3.05) is 18.0 Å². The van der Waals surface area contributed by atoms with Crippen LogP contribution in [0.5, 0.6) is 5.75 Å². The Morgan fingerprint density at radius 1 is 1.03 bits per heavy atom. The zero-order valence-corrected chi connectivity index (χ0v) is 18.2. The fourth-order valence-electron chi connectivity index (χ4n) is 4.01. The van der Waals surface area contributed by atoms with Gasteiger partial charge in [-0.2, -0.15) is 5.10 Å². The van der Waals surface area contributed by atoms with E-state index in [0.29, 0.717) is 48.5 Å². The van der Waals surface area contributed by atoms with Crippen LogP contribution in [-0.4, -0.2) is 43.5 Å². The van der Waals surface area contributed by atoms with Crippen molar-refractivity contribution in [3.63, 3.8) is 0 Å². The Kier molecular flexibility index (Phi) is 5.27. The van der Waals surface area contributed by atoms with Crippen molar-refractivity contribution in [2.24, 2.45) is 14.1 Å². The Bertz CT molecular complexity index is 1390. The average Bonchev–Trinajstić information content (AvgIpc) is 3.22. The molecule has 8 nitrogen and oxygen atoms in total. The monoisotopic (exact) mass is 452 g/mol. The van der Waals surface area contributed by atoms with E-state index in [9.17, 15) is 13.6 Å². The van der Waals surface area contributed by atoms with Crippen molar-refractivity contribution in [3.8, 4) is 17.0 Å². The predicted molar refractivity (Wildman–Crippen MR) is 119 cm³/mol. The van der Waals surface area contributed by atoms with Gasteiger partial charge < -0.3 is 14.2 Å². The van der Waals surface area contributed by atoms with E-state index in [0.717, 1.165) is 11.6 Å². The molecule has 1 aliphatic heterocycles. The van der Waals surface area contributed by atoms with Gasteiger partial charge in [-0.3, -0.25) is 9.48 Å². The number of benzene rings is 1. The molecule has 1 fully saturated rings. The third-order valence-electron chi connectivity index (χ3n) is 5.76. The molecule has 0 unspecified atom stereocenters. The first-order chi connectivity index (χ1) is 15.9. The maximum absolute atomic E-state index is 14.0. The highest BCUT2D eigenvalue weighted by atomic mass is 19.1. The average molecular weight is 452 g/mol. The Morgan fingerprint density at radius 2 is 1.82 bits per heavy atom. The molecule has 0 amide bonds. The Morgan fingerprint density at radius 3 is 2.52 bits per heavy atom. The molecular formula is C23H22F2N6O2. The Labute approximate surface area is 188 Å². The van der Waals surface area contributed by atoms with Crippen molar-refractivity contribution in [1.29, 1.82) is 0 Å². The third kappa shape index (κ3) is 4.15. The van der Waals surface area contributed by atoms with E-state index in [2.05, 4.69) is 10.00 Å². The highest BCUT2D eigenvalue weighted by molar-refractivity contribution is 5.82. The van der Waals surface area contributed by atoms with E-state index >= 15 is 0 Å². The van der Waals surface area contributed by atoms with Gasteiger partial charge in [0.05, 0.1) is 11.7 Å². The summed E-state index contributed by atoms with van der Waals surface area (Å²) in [4.78, 5) is 23.8. The van der Waals surface area contributed by atoms with Gasteiger partial charge in [-0.1, -0.05) is 0 Å². The molecule has 170 valence electrons. The summed E-state index contributed by atoms with van der Waals surface area (Å²) in [6, 6.07) is 4.79. The van der Waals surface area contributed by atoms with Gasteiger partial charge in [0.2, 0.25) is 0 Å². The number of ether oxygens (including phenoxy) is 1. The Hall–Kier alpha value is -3.82. The molecule has 5 rings (SSSR count). The van der Waals surface area contributed by atoms with E-state index in [1.165, 1.54) is 22.8 Å². The lowest BCUT2D eigenvalue weighted by molar-refractivity contribution is 0.163. The SMILES string of the molecule is Cn1cc(-c2nc3cn(C)c(=O)cc3nc2N2CCC(Oc3ccc(F)cc3F)CC2)cn1. The second-order valence-electron chi connectivity index (χ2n) is 8.17. The number of aromatic nitrogens is 5. The maximum Gasteiger partial charge on any atom is 0.252 e. The standard InChI is InChI=1S/C23H22F2N6O2/c1-29-13-19-18(10-21(29)32)28-23(22(27-19)14-11-26-30(2)12-14)31-7-5-16(6-8-31)33-20-4-3-15(24)9-17(20)25/h3-4,9-13,16H,5-8H2,1-2H3. The number of halogens is 2. The van der Waals surface area contributed by atoms with Gasteiger partial charge >= 0.3 is 0 Å². The van der Waals surface area contributed by atoms with Gasteiger partial charge in [-0.05, 0) is 12.1 Å². The van der Waals surface area contributed by atoms with Crippen molar-refractivity contribution < 1.29 is 13.5 Å². The number of aryl methyl sites for hydroxylation is 2. The van der Waals surface area contributed by atoms with Crippen molar-refractivity contribution in [1.82, 2.24) is 24.3 Å². The largest absolute Gasteiger partial charge is 0.487 e. The van der Waals surface area contributed by atoms with Crippen LogP contribution in [0, 0.1) is 11.6 Å². The normalized spacial score (nSPS) is 14.7. The minimum absolute atomic E-state index is 0.0484. The fourth-order valence-corrected chi connectivity index (χ4v) is 4.01. The third-order valence-corrected chi connectivity index (χ3v) is 5.76. The molecule has 10 heteroatoms. The highest BCUT2D eigenvalue weighted by Crippen LogP contribution is 2.32. The first-order valence-corrected chi connectivity index (χ1v) is 10.6. The number of piperidine rings is 1. The molecule has 1 saturated heterocycles. The summed E-state index contributed by atoms with van der Waals surface area (Å²) in [7, 11) is 3.51. The maximum atomic E-state index is 14.0. The highest BCUT2D eigenvalue weighted by Gasteiger charge is 2.26. The summed E-state index contributed by atoms with van der Waals surface area (Å²) in [6.07, 6.45) is 6.32. The van der Waals surface area contributed by atoms with Crippen LogP contribution in [0.2, 0.25) is 0 Å². The number of anilines is 1. The Balaban J connectivity index is 1.44.